The molecule has 0 atom stereocenters. The van der Waals surface area contributed by atoms with Crippen LogP contribution in [0, 0.1) is 13.8 Å². The van der Waals surface area contributed by atoms with E-state index >= 15 is 0 Å². The number of hydrogen-bond acceptors (Lipinski definition) is 8. The highest BCUT2D eigenvalue weighted by atomic mass is 32.2. The average Bonchev–Trinajstić information content (AvgIpc) is 3.30. The molecule has 0 aromatic carbocycles. The molecule has 0 radical (unpaired) electrons. The first-order chi connectivity index (χ1) is 12.1. The summed E-state index contributed by atoms with van der Waals surface area (Å²) >= 11 is 3.43. The minimum Gasteiger partial charge on any atom is -0.339 e. The van der Waals surface area contributed by atoms with Crippen molar-refractivity contribution in [2.45, 2.75) is 56.5 Å². The molecule has 1 fully saturated rings. The van der Waals surface area contributed by atoms with Crippen LogP contribution in [-0.2, 0) is 12.0 Å². The molecule has 25 heavy (non-hydrogen) atoms. The quantitative estimate of drug-likeness (QED) is 0.536. The molecule has 8 heteroatoms. The normalized spacial score (nSPS) is 16.8. The van der Waals surface area contributed by atoms with Gasteiger partial charge in [0, 0.05) is 22.4 Å². The van der Waals surface area contributed by atoms with Crippen LogP contribution < -0.4 is 5.73 Å². The molecule has 6 nitrogen and oxygen atoms in total. The molecular weight excluding hydrogens is 354 g/mol. The van der Waals surface area contributed by atoms with E-state index in [2.05, 4.69) is 34.0 Å². The standard InChI is InChI=1S/C17H21N5OS2/c1-10-11(2)25-15-13(10)14(19-9-20-15)24-8-5-12-21-16(22-23-12)17(18)6-3-4-7-17/h9H,3-8,18H2,1-2H3. The topological polar surface area (TPSA) is 90.7 Å². The molecular formula is C17H21N5OS2. The SMILES string of the molecule is Cc1sc2ncnc(SCCc3nc(C4(N)CCCC4)no3)c2c1C. The van der Waals surface area contributed by atoms with Crippen molar-refractivity contribution in [2.24, 2.45) is 5.73 Å². The Bertz CT molecular complexity index is 898. The van der Waals surface area contributed by atoms with Gasteiger partial charge < -0.3 is 10.3 Å². The molecule has 1 aliphatic rings. The van der Waals surface area contributed by atoms with E-state index in [-0.39, 0.29) is 5.54 Å². The number of thioether (sulfide) groups is 1. The van der Waals surface area contributed by atoms with Crippen molar-refractivity contribution >= 4 is 33.3 Å². The van der Waals surface area contributed by atoms with Gasteiger partial charge in [0.15, 0.2) is 5.82 Å². The van der Waals surface area contributed by atoms with Crippen LogP contribution in [0.3, 0.4) is 0 Å². The predicted molar refractivity (Wildman–Crippen MR) is 99.9 cm³/mol. The van der Waals surface area contributed by atoms with E-state index in [1.54, 1.807) is 29.4 Å². The summed E-state index contributed by atoms with van der Waals surface area (Å²) in [6.07, 6.45) is 6.51. The highest BCUT2D eigenvalue weighted by Gasteiger charge is 2.35. The van der Waals surface area contributed by atoms with E-state index in [1.165, 1.54) is 15.8 Å². The fourth-order valence-electron chi connectivity index (χ4n) is 3.28. The number of rotatable bonds is 5. The Morgan fingerprint density at radius 1 is 1.28 bits per heavy atom. The summed E-state index contributed by atoms with van der Waals surface area (Å²) in [5.74, 6) is 2.15. The Morgan fingerprint density at radius 3 is 2.88 bits per heavy atom. The molecule has 2 N–H and O–H groups in total. The second kappa shape index (κ2) is 6.66. The minimum atomic E-state index is -0.390. The van der Waals surface area contributed by atoms with E-state index in [0.29, 0.717) is 18.1 Å². The van der Waals surface area contributed by atoms with Crippen molar-refractivity contribution in [1.29, 1.82) is 0 Å². The van der Waals surface area contributed by atoms with Gasteiger partial charge in [0.2, 0.25) is 5.89 Å². The van der Waals surface area contributed by atoms with E-state index < -0.39 is 0 Å². The maximum atomic E-state index is 6.39. The molecule has 3 aromatic heterocycles. The van der Waals surface area contributed by atoms with Gasteiger partial charge in [0.1, 0.15) is 16.2 Å². The van der Waals surface area contributed by atoms with Gasteiger partial charge in [0.05, 0.1) is 5.54 Å². The van der Waals surface area contributed by atoms with Gasteiger partial charge in [0.25, 0.3) is 0 Å². The van der Waals surface area contributed by atoms with E-state index in [9.17, 15) is 0 Å². The number of aryl methyl sites for hydroxylation is 3. The van der Waals surface area contributed by atoms with Crippen molar-refractivity contribution in [3.05, 3.63) is 28.5 Å². The molecule has 132 valence electrons. The lowest BCUT2D eigenvalue weighted by molar-refractivity contribution is 0.351. The third-order valence-electron chi connectivity index (χ3n) is 4.89. The van der Waals surface area contributed by atoms with Crippen LogP contribution >= 0.6 is 23.1 Å². The van der Waals surface area contributed by atoms with Crippen LogP contribution in [0.5, 0.6) is 0 Å². The molecule has 1 saturated carbocycles. The van der Waals surface area contributed by atoms with Crippen molar-refractivity contribution in [3.63, 3.8) is 0 Å². The molecule has 0 spiro atoms. The molecule has 0 bridgehead atoms. The highest BCUT2D eigenvalue weighted by Crippen LogP contribution is 2.36. The lowest BCUT2D eigenvalue weighted by atomic mass is 9.99. The van der Waals surface area contributed by atoms with Crippen molar-refractivity contribution in [2.75, 3.05) is 5.75 Å². The number of hydrogen-bond donors (Lipinski definition) is 1. The summed E-state index contributed by atoms with van der Waals surface area (Å²) in [7, 11) is 0. The lowest BCUT2D eigenvalue weighted by Gasteiger charge is -2.17. The summed E-state index contributed by atoms with van der Waals surface area (Å²) in [6, 6.07) is 0. The smallest absolute Gasteiger partial charge is 0.227 e. The van der Waals surface area contributed by atoms with Crippen LogP contribution in [-0.4, -0.2) is 25.9 Å². The van der Waals surface area contributed by atoms with Gasteiger partial charge in [-0.05, 0) is 32.3 Å². The number of nitrogens with two attached hydrogens (primary N) is 1. The third kappa shape index (κ3) is 3.18. The predicted octanol–water partition coefficient (Wildman–Crippen LogP) is 3.75. The van der Waals surface area contributed by atoms with E-state index in [4.69, 9.17) is 10.3 Å². The molecule has 0 unspecified atom stereocenters. The first kappa shape index (κ1) is 16.9. The maximum Gasteiger partial charge on any atom is 0.227 e. The fourth-order valence-corrected chi connectivity index (χ4v) is 5.33. The van der Waals surface area contributed by atoms with Gasteiger partial charge in [-0.25, -0.2) is 9.97 Å². The number of nitrogens with zero attached hydrogens (tertiary/aromatic N) is 4. The Hall–Kier alpha value is -1.51. The second-order valence-corrected chi connectivity index (χ2v) is 8.90. The molecule has 0 aliphatic heterocycles. The highest BCUT2D eigenvalue weighted by molar-refractivity contribution is 7.99. The molecule has 1 aliphatic carbocycles. The van der Waals surface area contributed by atoms with Crippen molar-refractivity contribution < 1.29 is 4.52 Å². The van der Waals surface area contributed by atoms with Crippen LogP contribution in [0.15, 0.2) is 15.9 Å². The van der Waals surface area contributed by atoms with Crippen LogP contribution in [0.2, 0.25) is 0 Å². The van der Waals surface area contributed by atoms with Gasteiger partial charge in [-0.3, -0.25) is 0 Å². The zero-order valence-electron chi connectivity index (χ0n) is 14.4. The zero-order valence-corrected chi connectivity index (χ0v) is 16.0. The summed E-state index contributed by atoms with van der Waals surface area (Å²) in [5, 5.41) is 6.32. The van der Waals surface area contributed by atoms with E-state index in [0.717, 1.165) is 41.3 Å². The maximum absolute atomic E-state index is 6.39. The summed E-state index contributed by atoms with van der Waals surface area (Å²) in [6.45, 7) is 4.26. The molecule has 3 aromatic rings. The van der Waals surface area contributed by atoms with Crippen LogP contribution in [0.25, 0.3) is 10.2 Å². The van der Waals surface area contributed by atoms with Crippen LogP contribution in [0.1, 0.15) is 47.8 Å². The lowest BCUT2D eigenvalue weighted by Crippen LogP contribution is -2.34. The Morgan fingerprint density at radius 2 is 2.08 bits per heavy atom. The van der Waals surface area contributed by atoms with Gasteiger partial charge >= 0.3 is 0 Å². The summed E-state index contributed by atoms with van der Waals surface area (Å²) in [5.41, 5.74) is 7.27. The Kier molecular flexibility index (Phi) is 4.51. The Labute approximate surface area is 154 Å². The number of thiophene rings is 1. The van der Waals surface area contributed by atoms with Crippen molar-refractivity contribution in [3.8, 4) is 0 Å². The van der Waals surface area contributed by atoms with Gasteiger partial charge in [-0.2, -0.15) is 4.98 Å². The summed E-state index contributed by atoms with van der Waals surface area (Å²) < 4.78 is 5.41. The summed E-state index contributed by atoms with van der Waals surface area (Å²) in [4.78, 5) is 15.7. The molecule has 0 saturated heterocycles. The third-order valence-corrected chi connectivity index (χ3v) is 7.00. The molecule has 4 rings (SSSR count). The Balaban J connectivity index is 1.44. The number of aromatic nitrogens is 4. The fraction of sp³-hybridized carbons (Fsp3) is 0.529. The van der Waals surface area contributed by atoms with Gasteiger partial charge in [-0.1, -0.05) is 18.0 Å². The van der Waals surface area contributed by atoms with Gasteiger partial charge in [-0.15, -0.1) is 23.1 Å². The first-order valence-corrected chi connectivity index (χ1v) is 10.3. The van der Waals surface area contributed by atoms with Crippen LogP contribution in [0.4, 0.5) is 0 Å². The monoisotopic (exact) mass is 375 g/mol. The second-order valence-electron chi connectivity index (χ2n) is 6.62. The molecule has 0 amide bonds. The first-order valence-electron chi connectivity index (χ1n) is 8.52. The molecule has 3 heterocycles. The number of fused-ring (bicyclic) bond motifs is 1. The minimum absolute atomic E-state index is 0.390. The largest absolute Gasteiger partial charge is 0.339 e. The average molecular weight is 376 g/mol. The van der Waals surface area contributed by atoms with E-state index in [1.807, 2.05) is 0 Å². The zero-order chi connectivity index (χ0) is 17.4. The van der Waals surface area contributed by atoms with Crippen molar-refractivity contribution in [1.82, 2.24) is 20.1 Å².